The van der Waals surface area contributed by atoms with Crippen molar-refractivity contribution >= 4 is 28.5 Å². The van der Waals surface area contributed by atoms with Gasteiger partial charge >= 0.3 is 0 Å². The lowest BCUT2D eigenvalue weighted by molar-refractivity contribution is -0.121. The largest absolute Gasteiger partial charge is 0.355 e. The Morgan fingerprint density at radius 3 is 3.11 bits per heavy atom. The molecule has 1 heterocycles. The van der Waals surface area contributed by atoms with E-state index in [1.54, 1.807) is 6.92 Å². The van der Waals surface area contributed by atoms with Crippen molar-refractivity contribution in [3.63, 3.8) is 0 Å². The van der Waals surface area contributed by atoms with E-state index in [2.05, 4.69) is 15.3 Å². The molecule has 4 N–H and O–H groups in total. The van der Waals surface area contributed by atoms with E-state index < -0.39 is 6.04 Å². The number of nitrogens with two attached hydrogens (primary N) is 1. The fraction of sp³-hybridized carbons (Fsp3) is 0.385. The number of fused-ring (bicyclic) bond motifs is 1. The van der Waals surface area contributed by atoms with Gasteiger partial charge in [-0.3, -0.25) is 4.79 Å². The number of H-pyrrole nitrogens is 1. The van der Waals surface area contributed by atoms with E-state index in [1.807, 2.05) is 18.2 Å². The molecule has 5 nitrogen and oxygen atoms in total. The maximum atomic E-state index is 11.3. The Morgan fingerprint density at radius 2 is 2.37 bits per heavy atom. The van der Waals surface area contributed by atoms with Crippen LogP contribution in [0.5, 0.6) is 0 Å². The zero-order chi connectivity index (χ0) is 13.8. The molecular formula is C13H17ClN4O. The molecule has 0 bridgehead atoms. The topological polar surface area (TPSA) is 83.8 Å². The molecule has 19 heavy (non-hydrogen) atoms. The van der Waals surface area contributed by atoms with Crippen molar-refractivity contribution in [1.82, 2.24) is 15.3 Å². The van der Waals surface area contributed by atoms with Crippen molar-refractivity contribution in [1.29, 1.82) is 0 Å². The molecule has 0 fully saturated rings. The first-order valence-electron chi connectivity index (χ1n) is 6.23. The van der Waals surface area contributed by atoms with E-state index in [1.165, 1.54) is 0 Å². The molecule has 0 radical (unpaired) electrons. The molecule has 0 aliphatic rings. The Labute approximate surface area is 116 Å². The molecule has 0 aliphatic heterocycles. The van der Waals surface area contributed by atoms with Crippen LogP contribution in [0.15, 0.2) is 18.2 Å². The summed E-state index contributed by atoms with van der Waals surface area (Å²) >= 11 is 5.91. The van der Waals surface area contributed by atoms with E-state index in [4.69, 9.17) is 17.3 Å². The number of rotatable bonds is 5. The molecule has 0 unspecified atom stereocenters. The number of aromatic amines is 1. The van der Waals surface area contributed by atoms with Crippen LogP contribution in [0.3, 0.4) is 0 Å². The van der Waals surface area contributed by atoms with Crippen LogP contribution in [0.1, 0.15) is 19.2 Å². The minimum Gasteiger partial charge on any atom is -0.355 e. The lowest BCUT2D eigenvalue weighted by Crippen LogP contribution is -2.38. The fourth-order valence-corrected chi connectivity index (χ4v) is 1.95. The van der Waals surface area contributed by atoms with Crippen LogP contribution >= 0.6 is 11.6 Å². The molecule has 0 saturated carbocycles. The van der Waals surface area contributed by atoms with Gasteiger partial charge in [-0.25, -0.2) is 4.98 Å². The highest BCUT2D eigenvalue weighted by Crippen LogP contribution is 2.17. The summed E-state index contributed by atoms with van der Waals surface area (Å²) < 4.78 is 0. The number of carbonyl (C=O) groups is 1. The Balaban J connectivity index is 1.86. The maximum Gasteiger partial charge on any atom is 0.236 e. The van der Waals surface area contributed by atoms with Gasteiger partial charge in [0.15, 0.2) is 0 Å². The molecular weight excluding hydrogens is 264 g/mol. The monoisotopic (exact) mass is 280 g/mol. The summed E-state index contributed by atoms with van der Waals surface area (Å²) in [7, 11) is 0. The number of aromatic nitrogens is 2. The highest BCUT2D eigenvalue weighted by molar-refractivity contribution is 6.31. The lowest BCUT2D eigenvalue weighted by Gasteiger charge is -2.06. The van der Waals surface area contributed by atoms with Crippen LogP contribution < -0.4 is 11.1 Å². The Morgan fingerprint density at radius 1 is 1.58 bits per heavy atom. The Hall–Kier alpha value is -1.59. The first-order chi connectivity index (χ1) is 9.06. The number of hydrogen-bond donors (Lipinski definition) is 3. The van der Waals surface area contributed by atoms with Gasteiger partial charge in [-0.2, -0.15) is 0 Å². The summed E-state index contributed by atoms with van der Waals surface area (Å²) in [6.07, 6.45) is 1.58. The summed E-state index contributed by atoms with van der Waals surface area (Å²) in [5.41, 5.74) is 7.29. The Kier molecular flexibility index (Phi) is 4.39. The van der Waals surface area contributed by atoms with Crippen molar-refractivity contribution in [2.24, 2.45) is 5.73 Å². The maximum absolute atomic E-state index is 11.3. The van der Waals surface area contributed by atoms with Gasteiger partial charge in [-0.15, -0.1) is 0 Å². The lowest BCUT2D eigenvalue weighted by atomic mass is 10.3. The van der Waals surface area contributed by atoms with Gasteiger partial charge in [-0.05, 0) is 31.5 Å². The second kappa shape index (κ2) is 6.04. The third-order valence-corrected chi connectivity index (χ3v) is 3.03. The van der Waals surface area contributed by atoms with Crippen LogP contribution in [0.4, 0.5) is 0 Å². The SMILES string of the molecule is C[C@H](N)C(=O)NCCCc1nc2ccc(Cl)cc2[nH]1. The smallest absolute Gasteiger partial charge is 0.236 e. The number of benzene rings is 1. The molecule has 1 atom stereocenters. The molecule has 102 valence electrons. The number of carbonyl (C=O) groups excluding carboxylic acids is 1. The predicted molar refractivity (Wildman–Crippen MR) is 76.1 cm³/mol. The van der Waals surface area contributed by atoms with Crippen molar-refractivity contribution < 1.29 is 4.79 Å². The zero-order valence-corrected chi connectivity index (χ0v) is 11.5. The van der Waals surface area contributed by atoms with Gasteiger partial charge < -0.3 is 16.0 Å². The first-order valence-corrected chi connectivity index (χ1v) is 6.61. The molecule has 1 amide bonds. The van der Waals surface area contributed by atoms with E-state index in [9.17, 15) is 4.79 Å². The minimum absolute atomic E-state index is 0.128. The van der Waals surface area contributed by atoms with E-state index in [0.29, 0.717) is 11.6 Å². The zero-order valence-electron chi connectivity index (χ0n) is 10.7. The molecule has 0 saturated heterocycles. The number of nitrogens with zero attached hydrogens (tertiary/aromatic N) is 1. The molecule has 2 aromatic rings. The normalized spacial score (nSPS) is 12.6. The van der Waals surface area contributed by atoms with Crippen LogP contribution in [0, 0.1) is 0 Å². The third-order valence-electron chi connectivity index (χ3n) is 2.80. The fourth-order valence-electron chi connectivity index (χ4n) is 1.78. The highest BCUT2D eigenvalue weighted by atomic mass is 35.5. The number of nitrogens with one attached hydrogen (secondary N) is 2. The van der Waals surface area contributed by atoms with Crippen LogP contribution in [-0.4, -0.2) is 28.5 Å². The minimum atomic E-state index is -0.464. The van der Waals surface area contributed by atoms with Gasteiger partial charge in [0, 0.05) is 18.0 Å². The van der Waals surface area contributed by atoms with E-state index in [0.717, 1.165) is 29.7 Å². The van der Waals surface area contributed by atoms with Crippen LogP contribution in [-0.2, 0) is 11.2 Å². The predicted octanol–water partition coefficient (Wildman–Crippen LogP) is 1.61. The van der Waals surface area contributed by atoms with Gasteiger partial charge in [0.05, 0.1) is 17.1 Å². The number of halogens is 1. The quantitative estimate of drug-likeness (QED) is 0.728. The van der Waals surface area contributed by atoms with Gasteiger partial charge in [0.1, 0.15) is 5.82 Å². The summed E-state index contributed by atoms with van der Waals surface area (Å²) in [6.45, 7) is 2.26. The van der Waals surface area contributed by atoms with Crippen molar-refractivity contribution in [3.8, 4) is 0 Å². The number of aryl methyl sites for hydroxylation is 1. The Bertz CT molecular complexity index is 579. The van der Waals surface area contributed by atoms with Gasteiger partial charge in [-0.1, -0.05) is 11.6 Å². The molecule has 6 heteroatoms. The summed E-state index contributed by atoms with van der Waals surface area (Å²) in [6, 6.07) is 5.09. The highest BCUT2D eigenvalue weighted by Gasteiger charge is 2.06. The van der Waals surface area contributed by atoms with Crippen LogP contribution in [0.25, 0.3) is 11.0 Å². The van der Waals surface area contributed by atoms with Gasteiger partial charge in [0.2, 0.25) is 5.91 Å². The summed E-state index contributed by atoms with van der Waals surface area (Å²) in [4.78, 5) is 18.9. The van der Waals surface area contributed by atoms with Crippen molar-refractivity contribution in [3.05, 3.63) is 29.0 Å². The first kappa shape index (κ1) is 13.8. The third kappa shape index (κ3) is 3.68. The number of amides is 1. The summed E-state index contributed by atoms with van der Waals surface area (Å²) in [5, 5.41) is 3.46. The number of hydrogen-bond acceptors (Lipinski definition) is 3. The van der Waals surface area contributed by atoms with Crippen molar-refractivity contribution in [2.75, 3.05) is 6.54 Å². The molecule has 0 spiro atoms. The van der Waals surface area contributed by atoms with Crippen LogP contribution in [0.2, 0.25) is 5.02 Å². The van der Waals surface area contributed by atoms with E-state index >= 15 is 0 Å². The molecule has 1 aromatic heterocycles. The van der Waals surface area contributed by atoms with Crippen molar-refractivity contribution in [2.45, 2.75) is 25.8 Å². The number of imidazole rings is 1. The second-order valence-corrected chi connectivity index (χ2v) is 4.96. The molecule has 2 rings (SSSR count). The second-order valence-electron chi connectivity index (χ2n) is 4.53. The average molecular weight is 281 g/mol. The van der Waals surface area contributed by atoms with E-state index in [-0.39, 0.29) is 5.91 Å². The standard InChI is InChI=1S/C13H17ClN4O/c1-8(15)13(19)16-6-2-3-12-17-10-5-4-9(14)7-11(10)18-12/h4-5,7-8H,2-3,6,15H2,1H3,(H,16,19)(H,17,18)/t8-/m0/s1. The molecule has 1 aromatic carbocycles. The van der Waals surface area contributed by atoms with Gasteiger partial charge in [0.25, 0.3) is 0 Å². The molecule has 0 aliphatic carbocycles. The summed E-state index contributed by atoms with van der Waals surface area (Å²) in [5.74, 6) is 0.767. The average Bonchev–Trinajstić information content (AvgIpc) is 2.75.